The van der Waals surface area contributed by atoms with Crippen LogP contribution in [0.5, 0.6) is 5.75 Å². The molecule has 0 aliphatic rings. The summed E-state index contributed by atoms with van der Waals surface area (Å²) in [5.41, 5.74) is 2.16. The first kappa shape index (κ1) is 11.5. The Bertz CT molecular complexity index is 462. The van der Waals surface area contributed by atoms with Gasteiger partial charge < -0.3 is 15.0 Å². The molecule has 1 aromatic heterocycles. The van der Waals surface area contributed by atoms with Crippen molar-refractivity contribution >= 4 is 5.69 Å². The second-order valence-electron chi connectivity index (χ2n) is 3.98. The fourth-order valence-electron chi connectivity index (χ4n) is 1.71. The molecule has 2 N–H and O–H groups in total. The van der Waals surface area contributed by atoms with Crippen LogP contribution >= 0.6 is 0 Å². The molecular formula is C13H17N3O. The van der Waals surface area contributed by atoms with Crippen molar-refractivity contribution in [1.82, 2.24) is 9.55 Å². The van der Waals surface area contributed by atoms with E-state index < -0.39 is 0 Å². The van der Waals surface area contributed by atoms with Crippen molar-refractivity contribution in [3.05, 3.63) is 42.5 Å². The molecule has 0 unspecified atom stereocenters. The van der Waals surface area contributed by atoms with Crippen molar-refractivity contribution in [2.24, 2.45) is 0 Å². The SMILES string of the molecule is CCCn1cncc1CNc1ccc(O)cc1. The lowest BCUT2D eigenvalue weighted by atomic mass is 10.3. The summed E-state index contributed by atoms with van der Waals surface area (Å²) in [6, 6.07) is 7.06. The van der Waals surface area contributed by atoms with Crippen LogP contribution in [0.3, 0.4) is 0 Å². The maximum Gasteiger partial charge on any atom is 0.115 e. The molecule has 2 rings (SSSR count). The third-order valence-electron chi connectivity index (χ3n) is 2.60. The van der Waals surface area contributed by atoms with Crippen LogP contribution in [0.1, 0.15) is 19.0 Å². The maximum absolute atomic E-state index is 9.18. The first-order valence-corrected chi connectivity index (χ1v) is 5.81. The largest absolute Gasteiger partial charge is 0.508 e. The molecule has 0 atom stereocenters. The van der Waals surface area contributed by atoms with E-state index >= 15 is 0 Å². The fraction of sp³-hybridized carbons (Fsp3) is 0.308. The predicted octanol–water partition coefficient (Wildman–Crippen LogP) is 2.61. The van der Waals surface area contributed by atoms with Crippen molar-refractivity contribution < 1.29 is 5.11 Å². The van der Waals surface area contributed by atoms with Gasteiger partial charge in [-0.15, -0.1) is 0 Å². The number of aryl methyl sites for hydroxylation is 1. The van der Waals surface area contributed by atoms with Gasteiger partial charge in [0.05, 0.1) is 18.6 Å². The molecule has 0 bridgehead atoms. The van der Waals surface area contributed by atoms with Crippen LogP contribution in [0, 0.1) is 0 Å². The molecule has 1 heterocycles. The van der Waals surface area contributed by atoms with E-state index in [-0.39, 0.29) is 5.75 Å². The molecule has 0 radical (unpaired) electrons. The highest BCUT2D eigenvalue weighted by molar-refractivity contribution is 5.46. The van der Waals surface area contributed by atoms with Crippen LogP contribution in [0.25, 0.3) is 0 Å². The maximum atomic E-state index is 9.18. The summed E-state index contributed by atoms with van der Waals surface area (Å²) < 4.78 is 2.15. The van der Waals surface area contributed by atoms with E-state index in [2.05, 4.69) is 21.8 Å². The zero-order chi connectivity index (χ0) is 12.1. The molecule has 4 heteroatoms. The van der Waals surface area contributed by atoms with Crippen molar-refractivity contribution in [2.45, 2.75) is 26.4 Å². The highest BCUT2D eigenvalue weighted by Gasteiger charge is 2.00. The molecule has 1 aromatic carbocycles. The Kier molecular flexibility index (Phi) is 3.65. The number of phenols is 1. The summed E-state index contributed by atoms with van der Waals surface area (Å²) in [4.78, 5) is 4.15. The highest BCUT2D eigenvalue weighted by Crippen LogP contribution is 2.14. The third kappa shape index (κ3) is 3.00. The lowest BCUT2D eigenvalue weighted by molar-refractivity contribution is 0.475. The molecular weight excluding hydrogens is 214 g/mol. The number of aromatic nitrogens is 2. The van der Waals surface area contributed by atoms with Gasteiger partial charge in [0.1, 0.15) is 5.75 Å². The number of imidazole rings is 1. The molecule has 0 spiro atoms. The molecule has 0 amide bonds. The van der Waals surface area contributed by atoms with Crippen LogP contribution in [0.2, 0.25) is 0 Å². The minimum atomic E-state index is 0.284. The first-order chi connectivity index (χ1) is 8.29. The van der Waals surface area contributed by atoms with E-state index in [0.717, 1.165) is 25.2 Å². The van der Waals surface area contributed by atoms with Crippen LogP contribution in [0.15, 0.2) is 36.8 Å². The summed E-state index contributed by atoms with van der Waals surface area (Å²) in [6.07, 6.45) is 4.84. The second-order valence-corrected chi connectivity index (χ2v) is 3.98. The van der Waals surface area contributed by atoms with Gasteiger partial charge in [-0.1, -0.05) is 6.92 Å². The number of anilines is 1. The molecule has 0 aliphatic carbocycles. The Balaban J connectivity index is 1.97. The minimum Gasteiger partial charge on any atom is -0.508 e. The summed E-state index contributed by atoms with van der Waals surface area (Å²) in [5, 5.41) is 12.5. The Morgan fingerprint density at radius 1 is 1.29 bits per heavy atom. The Hall–Kier alpha value is -1.97. The van der Waals surface area contributed by atoms with Crippen LogP contribution in [-0.2, 0) is 13.1 Å². The van der Waals surface area contributed by atoms with Crippen LogP contribution < -0.4 is 5.32 Å². The number of rotatable bonds is 5. The van der Waals surface area contributed by atoms with Gasteiger partial charge in [0.25, 0.3) is 0 Å². The summed E-state index contributed by atoms with van der Waals surface area (Å²) >= 11 is 0. The van der Waals surface area contributed by atoms with E-state index in [0.29, 0.717) is 0 Å². The van der Waals surface area contributed by atoms with E-state index in [1.807, 2.05) is 24.7 Å². The number of nitrogens with one attached hydrogen (secondary N) is 1. The van der Waals surface area contributed by atoms with Gasteiger partial charge in [-0.2, -0.15) is 0 Å². The second kappa shape index (κ2) is 5.39. The quantitative estimate of drug-likeness (QED) is 0.778. The molecule has 2 aromatic rings. The topological polar surface area (TPSA) is 50.1 Å². The molecule has 0 saturated carbocycles. The zero-order valence-electron chi connectivity index (χ0n) is 9.93. The number of hydrogen-bond acceptors (Lipinski definition) is 3. The summed E-state index contributed by atoms with van der Waals surface area (Å²) in [7, 11) is 0. The molecule has 17 heavy (non-hydrogen) atoms. The van der Waals surface area contributed by atoms with E-state index in [1.54, 1.807) is 12.1 Å². The van der Waals surface area contributed by atoms with Gasteiger partial charge in [0, 0.05) is 18.4 Å². The highest BCUT2D eigenvalue weighted by atomic mass is 16.3. The van der Waals surface area contributed by atoms with Crippen molar-refractivity contribution in [3.8, 4) is 5.75 Å². The van der Waals surface area contributed by atoms with Gasteiger partial charge in [-0.05, 0) is 30.7 Å². The van der Waals surface area contributed by atoms with Crippen molar-refractivity contribution in [2.75, 3.05) is 5.32 Å². The summed E-state index contributed by atoms with van der Waals surface area (Å²) in [6.45, 7) is 3.88. The zero-order valence-corrected chi connectivity index (χ0v) is 9.93. The number of aromatic hydroxyl groups is 1. The van der Waals surface area contributed by atoms with Gasteiger partial charge in [-0.3, -0.25) is 0 Å². The Labute approximate surface area is 101 Å². The number of phenolic OH excluding ortho intramolecular Hbond substituents is 1. The van der Waals surface area contributed by atoms with Gasteiger partial charge in [-0.25, -0.2) is 4.98 Å². The summed E-state index contributed by atoms with van der Waals surface area (Å²) in [5.74, 6) is 0.284. The monoisotopic (exact) mass is 231 g/mol. The number of nitrogens with zero attached hydrogens (tertiary/aromatic N) is 2. The lowest BCUT2D eigenvalue weighted by Crippen LogP contribution is -2.06. The average molecular weight is 231 g/mol. The number of hydrogen-bond donors (Lipinski definition) is 2. The minimum absolute atomic E-state index is 0.284. The van der Waals surface area contributed by atoms with Crippen LogP contribution in [0.4, 0.5) is 5.69 Å². The van der Waals surface area contributed by atoms with Gasteiger partial charge in [0.2, 0.25) is 0 Å². The predicted molar refractivity (Wildman–Crippen MR) is 68.0 cm³/mol. The smallest absolute Gasteiger partial charge is 0.115 e. The average Bonchev–Trinajstić information content (AvgIpc) is 2.77. The van der Waals surface area contributed by atoms with E-state index in [4.69, 9.17) is 0 Å². The Morgan fingerprint density at radius 3 is 2.76 bits per heavy atom. The molecule has 4 nitrogen and oxygen atoms in total. The molecule has 0 fully saturated rings. The molecule has 0 saturated heterocycles. The van der Waals surface area contributed by atoms with E-state index in [9.17, 15) is 5.11 Å². The Morgan fingerprint density at radius 2 is 2.06 bits per heavy atom. The van der Waals surface area contributed by atoms with Gasteiger partial charge in [0.15, 0.2) is 0 Å². The lowest BCUT2D eigenvalue weighted by Gasteiger charge is -2.09. The van der Waals surface area contributed by atoms with Crippen LogP contribution in [-0.4, -0.2) is 14.7 Å². The normalized spacial score (nSPS) is 10.4. The standard InChI is InChI=1S/C13H17N3O/c1-2-7-16-10-14-8-12(16)9-15-11-3-5-13(17)6-4-11/h3-6,8,10,15,17H,2,7,9H2,1H3. The molecule has 90 valence electrons. The fourth-order valence-corrected chi connectivity index (χ4v) is 1.71. The van der Waals surface area contributed by atoms with Gasteiger partial charge >= 0.3 is 0 Å². The first-order valence-electron chi connectivity index (χ1n) is 5.81. The van der Waals surface area contributed by atoms with Crippen molar-refractivity contribution in [3.63, 3.8) is 0 Å². The molecule has 0 aliphatic heterocycles. The third-order valence-corrected chi connectivity index (χ3v) is 2.60. The van der Waals surface area contributed by atoms with E-state index in [1.165, 1.54) is 5.69 Å². The number of benzene rings is 1. The van der Waals surface area contributed by atoms with Crippen molar-refractivity contribution in [1.29, 1.82) is 0 Å².